The van der Waals surface area contributed by atoms with Gasteiger partial charge in [0.25, 0.3) is 0 Å². The lowest BCUT2D eigenvalue weighted by atomic mass is 9.83. The van der Waals surface area contributed by atoms with Crippen LogP contribution in [0.5, 0.6) is 0 Å². The highest BCUT2D eigenvalue weighted by atomic mass is 15.0. The Labute approximate surface area is 120 Å². The Morgan fingerprint density at radius 2 is 1.70 bits per heavy atom. The summed E-state index contributed by atoms with van der Waals surface area (Å²) in [6, 6.07) is 8.06. The van der Waals surface area contributed by atoms with Gasteiger partial charge in [-0.1, -0.05) is 31.9 Å². The fraction of sp³-hybridized carbons (Fsp3) is 0.529. The van der Waals surface area contributed by atoms with E-state index in [4.69, 9.17) is 4.98 Å². The van der Waals surface area contributed by atoms with Gasteiger partial charge in [-0.05, 0) is 43.7 Å². The number of hydrogen-bond donors (Lipinski definition) is 1. The Kier molecular flexibility index (Phi) is 3.86. The molecule has 20 heavy (non-hydrogen) atoms. The molecule has 3 rings (SSSR count). The number of fused-ring (bicyclic) bond motifs is 1. The molecule has 0 atom stereocenters. The molecule has 1 N–H and O–H groups in total. The second-order valence-electron chi connectivity index (χ2n) is 6.15. The van der Waals surface area contributed by atoms with Crippen molar-refractivity contribution in [3.63, 3.8) is 0 Å². The van der Waals surface area contributed by atoms with Gasteiger partial charge in [-0.15, -0.1) is 0 Å². The number of aryl methyl sites for hydroxylation is 1. The van der Waals surface area contributed by atoms with E-state index in [9.17, 15) is 0 Å². The molecule has 0 saturated heterocycles. The first-order valence-electron chi connectivity index (χ1n) is 7.69. The van der Waals surface area contributed by atoms with Crippen LogP contribution < -0.4 is 5.32 Å². The van der Waals surface area contributed by atoms with E-state index in [2.05, 4.69) is 17.2 Å². The Bertz CT molecular complexity index is 586. The molecule has 0 aliphatic heterocycles. The second-order valence-corrected chi connectivity index (χ2v) is 6.15. The highest BCUT2D eigenvalue weighted by Gasteiger charge is 2.18. The lowest BCUT2D eigenvalue weighted by Gasteiger charge is -2.26. The van der Waals surface area contributed by atoms with E-state index in [1.165, 1.54) is 25.7 Å². The van der Waals surface area contributed by atoms with Gasteiger partial charge in [0.2, 0.25) is 0 Å². The number of nitrogens with one attached hydrogen (secondary N) is 1. The maximum atomic E-state index is 4.70. The summed E-state index contributed by atoms with van der Waals surface area (Å²) in [5.41, 5.74) is 2.94. The number of benzene rings is 1. The zero-order valence-corrected chi connectivity index (χ0v) is 12.4. The standard InChI is InChI=1S/C17H23N3/c1-12-7-9-14(10-8-12)11-18-17-13(2)19-15-5-3-4-6-16(15)20-17/h3-6,12,14H,7-11H2,1-2H3,(H,18,20). The summed E-state index contributed by atoms with van der Waals surface area (Å²) < 4.78 is 0. The molecule has 1 aromatic heterocycles. The Balaban J connectivity index is 1.69. The Morgan fingerprint density at radius 1 is 1.05 bits per heavy atom. The van der Waals surface area contributed by atoms with Crippen molar-refractivity contribution in [2.45, 2.75) is 39.5 Å². The molecule has 2 aromatic rings. The minimum Gasteiger partial charge on any atom is -0.368 e. The predicted molar refractivity (Wildman–Crippen MR) is 83.9 cm³/mol. The maximum Gasteiger partial charge on any atom is 0.148 e. The van der Waals surface area contributed by atoms with Gasteiger partial charge in [0.1, 0.15) is 5.82 Å². The van der Waals surface area contributed by atoms with Crippen LogP contribution in [0.25, 0.3) is 11.0 Å². The topological polar surface area (TPSA) is 37.8 Å². The largest absolute Gasteiger partial charge is 0.368 e. The first-order chi connectivity index (χ1) is 9.72. The molecule has 1 aromatic carbocycles. The van der Waals surface area contributed by atoms with Gasteiger partial charge in [0, 0.05) is 6.54 Å². The highest BCUT2D eigenvalue weighted by Crippen LogP contribution is 2.28. The number of hydrogen-bond acceptors (Lipinski definition) is 3. The van der Waals surface area contributed by atoms with E-state index in [0.717, 1.165) is 40.9 Å². The molecule has 1 aliphatic carbocycles. The molecular formula is C17H23N3. The summed E-state index contributed by atoms with van der Waals surface area (Å²) in [6.07, 6.45) is 5.42. The number of aromatic nitrogens is 2. The van der Waals surface area contributed by atoms with Crippen molar-refractivity contribution in [1.29, 1.82) is 0 Å². The van der Waals surface area contributed by atoms with Crippen LogP contribution >= 0.6 is 0 Å². The summed E-state index contributed by atoms with van der Waals surface area (Å²) in [4.78, 5) is 9.33. The Hall–Kier alpha value is -1.64. The summed E-state index contributed by atoms with van der Waals surface area (Å²) in [6.45, 7) is 5.42. The summed E-state index contributed by atoms with van der Waals surface area (Å²) in [5.74, 6) is 2.65. The molecule has 0 unspecified atom stereocenters. The van der Waals surface area contributed by atoms with Crippen LogP contribution in [0.1, 0.15) is 38.3 Å². The molecule has 3 nitrogen and oxygen atoms in total. The molecule has 1 fully saturated rings. The molecule has 1 saturated carbocycles. The van der Waals surface area contributed by atoms with E-state index >= 15 is 0 Å². The van der Waals surface area contributed by atoms with E-state index < -0.39 is 0 Å². The van der Waals surface area contributed by atoms with Crippen LogP contribution in [0.3, 0.4) is 0 Å². The molecule has 0 spiro atoms. The molecule has 1 aliphatic rings. The third-order valence-electron chi connectivity index (χ3n) is 4.44. The SMILES string of the molecule is Cc1nc2ccccc2nc1NCC1CCC(C)CC1. The second kappa shape index (κ2) is 5.78. The molecule has 0 radical (unpaired) electrons. The average Bonchev–Trinajstić information content (AvgIpc) is 2.47. The van der Waals surface area contributed by atoms with Crippen molar-refractivity contribution in [2.24, 2.45) is 11.8 Å². The van der Waals surface area contributed by atoms with Crippen LogP contribution in [-0.4, -0.2) is 16.5 Å². The van der Waals surface area contributed by atoms with Crippen LogP contribution in [0.4, 0.5) is 5.82 Å². The molecule has 106 valence electrons. The number of rotatable bonds is 3. The van der Waals surface area contributed by atoms with E-state index in [-0.39, 0.29) is 0 Å². The zero-order valence-electron chi connectivity index (χ0n) is 12.4. The third kappa shape index (κ3) is 2.92. The van der Waals surface area contributed by atoms with E-state index in [0.29, 0.717) is 0 Å². The van der Waals surface area contributed by atoms with Gasteiger partial charge in [0.05, 0.1) is 16.7 Å². The smallest absolute Gasteiger partial charge is 0.148 e. The van der Waals surface area contributed by atoms with E-state index in [1.54, 1.807) is 0 Å². The molecule has 0 amide bonds. The number of nitrogens with zero attached hydrogens (tertiary/aromatic N) is 2. The van der Waals surface area contributed by atoms with Crippen LogP contribution in [0, 0.1) is 18.8 Å². The maximum absolute atomic E-state index is 4.70. The van der Waals surface area contributed by atoms with Gasteiger partial charge in [-0.25, -0.2) is 9.97 Å². The van der Waals surface area contributed by atoms with Crippen molar-refractivity contribution in [1.82, 2.24) is 9.97 Å². The van der Waals surface area contributed by atoms with Crippen LogP contribution in [0.2, 0.25) is 0 Å². The first-order valence-corrected chi connectivity index (χ1v) is 7.69. The van der Waals surface area contributed by atoms with Crippen molar-refractivity contribution < 1.29 is 0 Å². The van der Waals surface area contributed by atoms with Crippen molar-refractivity contribution in [3.8, 4) is 0 Å². The van der Waals surface area contributed by atoms with Crippen LogP contribution in [0.15, 0.2) is 24.3 Å². The molecule has 1 heterocycles. The minimum atomic E-state index is 0.791. The van der Waals surface area contributed by atoms with E-state index in [1.807, 2.05) is 31.2 Å². The summed E-state index contributed by atoms with van der Waals surface area (Å²) in [5, 5.41) is 3.52. The van der Waals surface area contributed by atoms with Gasteiger partial charge in [0.15, 0.2) is 0 Å². The molecular weight excluding hydrogens is 246 g/mol. The van der Waals surface area contributed by atoms with Gasteiger partial charge < -0.3 is 5.32 Å². The quantitative estimate of drug-likeness (QED) is 0.908. The van der Waals surface area contributed by atoms with Crippen molar-refractivity contribution >= 4 is 16.9 Å². The normalized spacial score (nSPS) is 22.9. The van der Waals surface area contributed by atoms with Gasteiger partial charge in [-0.3, -0.25) is 0 Å². The fourth-order valence-electron chi connectivity index (χ4n) is 3.03. The number of para-hydroxylation sites is 2. The Morgan fingerprint density at radius 3 is 2.40 bits per heavy atom. The lowest BCUT2D eigenvalue weighted by Crippen LogP contribution is -2.21. The van der Waals surface area contributed by atoms with Crippen LogP contribution in [-0.2, 0) is 0 Å². The third-order valence-corrected chi connectivity index (χ3v) is 4.44. The van der Waals surface area contributed by atoms with Crippen molar-refractivity contribution in [2.75, 3.05) is 11.9 Å². The lowest BCUT2D eigenvalue weighted by molar-refractivity contribution is 0.300. The van der Waals surface area contributed by atoms with Crippen molar-refractivity contribution in [3.05, 3.63) is 30.0 Å². The summed E-state index contributed by atoms with van der Waals surface area (Å²) in [7, 11) is 0. The van der Waals surface area contributed by atoms with Gasteiger partial charge >= 0.3 is 0 Å². The molecule has 0 bridgehead atoms. The fourth-order valence-corrected chi connectivity index (χ4v) is 3.03. The first kappa shape index (κ1) is 13.3. The zero-order chi connectivity index (χ0) is 13.9. The summed E-state index contributed by atoms with van der Waals surface area (Å²) >= 11 is 0. The average molecular weight is 269 g/mol. The monoisotopic (exact) mass is 269 g/mol. The predicted octanol–water partition coefficient (Wildman–Crippen LogP) is 4.18. The molecule has 3 heteroatoms. The minimum absolute atomic E-state index is 0.791. The highest BCUT2D eigenvalue weighted by molar-refractivity contribution is 5.76. The van der Waals surface area contributed by atoms with Gasteiger partial charge in [-0.2, -0.15) is 0 Å². The number of anilines is 1.